The smallest absolute Gasteiger partial charge is 0.322 e. The van der Waals surface area contributed by atoms with E-state index >= 15 is 0 Å². The lowest BCUT2D eigenvalue weighted by molar-refractivity contribution is -0.140. The molecule has 1 aliphatic heterocycles. The van der Waals surface area contributed by atoms with Crippen molar-refractivity contribution in [2.24, 2.45) is 0 Å². The van der Waals surface area contributed by atoms with E-state index < -0.39 is 32.7 Å². The van der Waals surface area contributed by atoms with Gasteiger partial charge in [-0.15, -0.1) is 11.8 Å². The van der Waals surface area contributed by atoms with E-state index in [0.717, 1.165) is 10.4 Å². The Kier molecular flexibility index (Phi) is 3.84. The number of aliphatic carboxylic acids is 1. The number of aryl methyl sites for hydroxylation is 1. The Labute approximate surface area is 114 Å². The van der Waals surface area contributed by atoms with Crippen LogP contribution >= 0.6 is 11.8 Å². The summed E-state index contributed by atoms with van der Waals surface area (Å²) in [6.45, 7) is 1.64. The molecule has 104 valence electrons. The third kappa shape index (κ3) is 2.60. The topological polar surface area (TPSA) is 74.7 Å². The van der Waals surface area contributed by atoms with Crippen molar-refractivity contribution in [3.05, 3.63) is 29.6 Å². The van der Waals surface area contributed by atoms with Gasteiger partial charge in [0.2, 0.25) is 10.0 Å². The minimum absolute atomic E-state index is 0.0205. The fourth-order valence-corrected chi connectivity index (χ4v) is 5.08. The van der Waals surface area contributed by atoms with Gasteiger partial charge < -0.3 is 5.11 Å². The second-order valence-electron chi connectivity index (χ2n) is 4.18. The van der Waals surface area contributed by atoms with Gasteiger partial charge in [-0.1, -0.05) is 6.07 Å². The number of sulfonamides is 1. The number of nitrogens with zero attached hydrogens (tertiary/aromatic N) is 1. The molecular formula is C11H12FNO4S2. The van der Waals surface area contributed by atoms with Gasteiger partial charge >= 0.3 is 5.97 Å². The second kappa shape index (κ2) is 5.10. The molecule has 1 aliphatic rings. The zero-order valence-electron chi connectivity index (χ0n) is 10.0. The lowest BCUT2D eigenvalue weighted by atomic mass is 10.2. The fourth-order valence-electron chi connectivity index (χ4n) is 1.79. The van der Waals surface area contributed by atoms with E-state index in [-0.39, 0.29) is 11.6 Å². The van der Waals surface area contributed by atoms with Gasteiger partial charge in [0.05, 0.1) is 5.88 Å². The number of thioether (sulfide) groups is 1. The number of hydrogen-bond donors (Lipinski definition) is 1. The lowest BCUT2D eigenvalue weighted by Crippen LogP contribution is -2.41. The summed E-state index contributed by atoms with van der Waals surface area (Å²) in [4.78, 5) is 10.6. The van der Waals surface area contributed by atoms with Crippen LogP contribution in [0.25, 0.3) is 0 Å². The van der Waals surface area contributed by atoms with E-state index in [1.54, 1.807) is 6.92 Å². The highest BCUT2D eigenvalue weighted by molar-refractivity contribution is 8.00. The predicted molar refractivity (Wildman–Crippen MR) is 68.9 cm³/mol. The summed E-state index contributed by atoms with van der Waals surface area (Å²) in [7, 11) is -4.13. The molecule has 0 aromatic heterocycles. The molecule has 8 heteroatoms. The van der Waals surface area contributed by atoms with Crippen LogP contribution in [-0.4, -0.2) is 41.5 Å². The molecule has 0 amide bonds. The molecule has 1 aromatic carbocycles. The SMILES string of the molecule is Cc1ccc(F)c(S(=O)(=O)N2CSCC2C(=O)O)c1. The van der Waals surface area contributed by atoms with E-state index in [4.69, 9.17) is 5.11 Å². The minimum Gasteiger partial charge on any atom is -0.480 e. The number of carbonyl (C=O) groups is 1. The Morgan fingerprint density at radius 3 is 2.84 bits per heavy atom. The number of carboxylic acids is 1. The van der Waals surface area contributed by atoms with Gasteiger partial charge in [0.1, 0.15) is 16.8 Å². The van der Waals surface area contributed by atoms with Crippen LogP contribution in [0.2, 0.25) is 0 Å². The zero-order valence-corrected chi connectivity index (χ0v) is 11.7. The van der Waals surface area contributed by atoms with Crippen LogP contribution in [0.1, 0.15) is 5.56 Å². The molecule has 1 fully saturated rings. The molecule has 1 aromatic rings. The van der Waals surface area contributed by atoms with Crippen molar-refractivity contribution >= 4 is 27.8 Å². The molecule has 0 radical (unpaired) electrons. The van der Waals surface area contributed by atoms with E-state index in [9.17, 15) is 17.6 Å². The fraction of sp³-hybridized carbons (Fsp3) is 0.364. The first kappa shape index (κ1) is 14.3. The molecule has 1 heterocycles. The molecule has 1 saturated heterocycles. The molecule has 1 atom stereocenters. The molecule has 0 bridgehead atoms. The third-order valence-corrected chi connectivity index (χ3v) is 5.85. The molecule has 0 saturated carbocycles. The summed E-state index contributed by atoms with van der Waals surface area (Å²) >= 11 is 1.19. The summed E-state index contributed by atoms with van der Waals surface area (Å²) in [5, 5.41) is 9.00. The van der Waals surface area contributed by atoms with E-state index in [0.29, 0.717) is 5.56 Å². The van der Waals surface area contributed by atoms with Crippen LogP contribution < -0.4 is 0 Å². The molecule has 5 nitrogen and oxygen atoms in total. The lowest BCUT2D eigenvalue weighted by Gasteiger charge is -2.20. The predicted octanol–water partition coefficient (Wildman–Crippen LogP) is 1.28. The Morgan fingerprint density at radius 2 is 2.21 bits per heavy atom. The molecular weight excluding hydrogens is 293 g/mol. The molecule has 19 heavy (non-hydrogen) atoms. The van der Waals surface area contributed by atoms with Crippen LogP contribution in [0.5, 0.6) is 0 Å². The first-order valence-electron chi connectivity index (χ1n) is 5.42. The van der Waals surface area contributed by atoms with Crippen molar-refractivity contribution in [1.82, 2.24) is 4.31 Å². The maximum absolute atomic E-state index is 13.7. The van der Waals surface area contributed by atoms with Crippen LogP contribution in [0.4, 0.5) is 4.39 Å². The minimum atomic E-state index is -4.13. The number of benzene rings is 1. The van der Waals surface area contributed by atoms with Crippen molar-refractivity contribution in [3.8, 4) is 0 Å². The Balaban J connectivity index is 2.48. The maximum atomic E-state index is 13.7. The molecule has 1 unspecified atom stereocenters. The number of halogens is 1. The largest absolute Gasteiger partial charge is 0.480 e. The van der Waals surface area contributed by atoms with Gasteiger partial charge in [-0.25, -0.2) is 12.8 Å². The molecule has 1 N–H and O–H groups in total. The van der Waals surface area contributed by atoms with Gasteiger partial charge in [-0.2, -0.15) is 4.31 Å². The first-order valence-corrected chi connectivity index (χ1v) is 8.02. The summed E-state index contributed by atoms with van der Waals surface area (Å²) in [5.41, 5.74) is 0.596. The number of carboxylic acid groups (broad SMARTS) is 1. The van der Waals surface area contributed by atoms with E-state index in [2.05, 4.69) is 0 Å². The standard InChI is InChI=1S/C11H12FNO4S2/c1-7-2-3-8(12)10(4-7)19(16,17)13-6-18-5-9(13)11(14)15/h2-4,9H,5-6H2,1H3,(H,14,15). The van der Waals surface area contributed by atoms with Crippen LogP contribution in [0.15, 0.2) is 23.1 Å². The number of hydrogen-bond acceptors (Lipinski definition) is 4. The summed E-state index contributed by atoms with van der Waals surface area (Å²) < 4.78 is 39.2. The summed E-state index contributed by atoms with van der Waals surface area (Å²) in [6, 6.07) is 2.60. The van der Waals surface area contributed by atoms with Crippen molar-refractivity contribution in [2.75, 3.05) is 11.6 Å². The third-order valence-electron chi connectivity index (χ3n) is 2.80. The molecule has 0 spiro atoms. The quantitative estimate of drug-likeness (QED) is 0.910. The van der Waals surface area contributed by atoms with E-state index in [1.807, 2.05) is 0 Å². The van der Waals surface area contributed by atoms with Crippen LogP contribution in [0, 0.1) is 12.7 Å². The summed E-state index contributed by atoms with van der Waals surface area (Å²) in [6.07, 6.45) is 0. The van der Waals surface area contributed by atoms with Crippen molar-refractivity contribution < 1.29 is 22.7 Å². The number of rotatable bonds is 3. The van der Waals surface area contributed by atoms with Crippen LogP contribution in [-0.2, 0) is 14.8 Å². The highest BCUT2D eigenvalue weighted by Crippen LogP contribution is 2.29. The Hall–Kier alpha value is -1.12. The highest BCUT2D eigenvalue weighted by atomic mass is 32.2. The average molecular weight is 305 g/mol. The van der Waals surface area contributed by atoms with Crippen molar-refractivity contribution in [1.29, 1.82) is 0 Å². The normalized spacial score (nSPS) is 20.6. The van der Waals surface area contributed by atoms with Gasteiger partial charge in [0.15, 0.2) is 0 Å². The Bertz CT molecular complexity index is 617. The summed E-state index contributed by atoms with van der Waals surface area (Å²) in [5.74, 6) is -1.90. The molecule has 2 rings (SSSR count). The van der Waals surface area contributed by atoms with Gasteiger partial charge in [-0.05, 0) is 24.6 Å². The highest BCUT2D eigenvalue weighted by Gasteiger charge is 2.41. The van der Waals surface area contributed by atoms with Gasteiger partial charge in [0, 0.05) is 5.75 Å². The van der Waals surface area contributed by atoms with Crippen molar-refractivity contribution in [2.45, 2.75) is 17.9 Å². The van der Waals surface area contributed by atoms with E-state index in [1.165, 1.54) is 23.9 Å². The molecule has 0 aliphatic carbocycles. The van der Waals surface area contributed by atoms with Crippen molar-refractivity contribution in [3.63, 3.8) is 0 Å². The zero-order chi connectivity index (χ0) is 14.2. The van der Waals surface area contributed by atoms with Gasteiger partial charge in [-0.3, -0.25) is 4.79 Å². The van der Waals surface area contributed by atoms with Crippen LogP contribution in [0.3, 0.4) is 0 Å². The maximum Gasteiger partial charge on any atom is 0.322 e. The van der Waals surface area contributed by atoms with Gasteiger partial charge in [0.25, 0.3) is 0 Å². The second-order valence-corrected chi connectivity index (χ2v) is 7.04. The monoisotopic (exact) mass is 305 g/mol. The Morgan fingerprint density at radius 1 is 1.53 bits per heavy atom. The first-order chi connectivity index (χ1) is 8.84. The average Bonchev–Trinajstić information content (AvgIpc) is 2.82.